The maximum Gasteiger partial charge on any atom is 0.264 e. The lowest BCUT2D eigenvalue weighted by Gasteiger charge is -1.98. The van der Waals surface area contributed by atoms with Gasteiger partial charge in [0.15, 0.2) is 0 Å². The van der Waals surface area contributed by atoms with Gasteiger partial charge in [-0.25, -0.2) is 0 Å². The Morgan fingerprint density at radius 3 is 2.89 bits per heavy atom. The fourth-order valence-electron chi connectivity index (χ4n) is 1.17. The summed E-state index contributed by atoms with van der Waals surface area (Å²) in [5.74, 6) is 0.167. The lowest BCUT2D eigenvalue weighted by atomic mass is 10.3. The predicted octanol–water partition coefficient (Wildman–Crippen LogP) is 0.792. The summed E-state index contributed by atoms with van der Waals surface area (Å²) in [6.07, 6.45) is 0.953. The van der Waals surface area contributed by atoms with E-state index in [-0.39, 0.29) is 12.4 Å². The van der Waals surface area contributed by atoms with Crippen molar-refractivity contribution in [2.45, 2.75) is 6.61 Å². The Labute approximate surface area is 108 Å². The fourth-order valence-corrected chi connectivity index (χ4v) is 1.67. The second-order valence-electron chi connectivity index (χ2n) is 3.44. The number of nitrogens with zero attached hydrogens (tertiary/aromatic N) is 4. The van der Waals surface area contributed by atoms with Crippen LogP contribution in [0.15, 0.2) is 24.3 Å². The summed E-state index contributed by atoms with van der Waals surface area (Å²) in [6.45, 7) is -0.251. The molecule has 0 saturated carbocycles. The van der Waals surface area contributed by atoms with Crippen LogP contribution in [0.3, 0.4) is 0 Å². The van der Waals surface area contributed by atoms with Crippen LogP contribution in [0.5, 0.6) is 0 Å². The topological polar surface area (TPSA) is 87.0 Å². The van der Waals surface area contributed by atoms with E-state index in [9.17, 15) is 8.42 Å². The van der Waals surface area contributed by atoms with Crippen molar-refractivity contribution in [2.24, 2.45) is 0 Å². The third-order valence-electron chi connectivity index (χ3n) is 1.90. The first-order valence-electron chi connectivity index (χ1n) is 4.83. The largest absolute Gasteiger partial charge is 0.264 e. The minimum atomic E-state index is -3.52. The van der Waals surface area contributed by atoms with Gasteiger partial charge >= 0.3 is 0 Å². The quantitative estimate of drug-likeness (QED) is 0.773. The molecule has 96 valence electrons. The molecule has 0 amide bonds. The molecular weight excluding hydrogens is 280 g/mol. The zero-order valence-electron chi connectivity index (χ0n) is 9.32. The number of tetrazole rings is 1. The molecule has 1 aromatic heterocycles. The van der Waals surface area contributed by atoms with Gasteiger partial charge in [-0.15, -0.1) is 15.0 Å². The number of aromatic nitrogens is 4. The minimum Gasteiger partial charge on any atom is -0.262 e. The molecule has 9 heteroatoms. The maximum atomic E-state index is 10.8. The molecule has 1 aromatic carbocycles. The van der Waals surface area contributed by atoms with E-state index < -0.39 is 10.1 Å². The Morgan fingerprint density at radius 1 is 1.44 bits per heavy atom. The summed E-state index contributed by atoms with van der Waals surface area (Å²) >= 11 is 5.83. The van der Waals surface area contributed by atoms with E-state index in [1.54, 1.807) is 24.3 Å². The van der Waals surface area contributed by atoms with Gasteiger partial charge in [-0.3, -0.25) is 4.18 Å². The first-order valence-corrected chi connectivity index (χ1v) is 7.03. The number of hydrogen-bond acceptors (Lipinski definition) is 6. The van der Waals surface area contributed by atoms with Gasteiger partial charge < -0.3 is 0 Å². The summed E-state index contributed by atoms with van der Waals surface area (Å²) < 4.78 is 26.2. The van der Waals surface area contributed by atoms with Crippen molar-refractivity contribution in [3.05, 3.63) is 35.1 Å². The highest BCUT2D eigenvalue weighted by Gasteiger charge is 2.08. The summed E-state index contributed by atoms with van der Waals surface area (Å²) in [5.41, 5.74) is 0.626. The Morgan fingerprint density at radius 2 is 2.22 bits per heavy atom. The highest BCUT2D eigenvalue weighted by Crippen LogP contribution is 2.12. The van der Waals surface area contributed by atoms with Crippen molar-refractivity contribution in [3.63, 3.8) is 0 Å². The fraction of sp³-hybridized carbons (Fsp3) is 0.222. The van der Waals surface area contributed by atoms with Crippen LogP contribution in [-0.2, 0) is 20.9 Å². The third-order valence-corrected chi connectivity index (χ3v) is 2.68. The monoisotopic (exact) mass is 288 g/mol. The van der Waals surface area contributed by atoms with Crippen LogP contribution in [-0.4, -0.2) is 34.9 Å². The zero-order chi connectivity index (χ0) is 13.2. The summed E-state index contributed by atoms with van der Waals surface area (Å²) in [4.78, 5) is 1.24. The van der Waals surface area contributed by atoms with Crippen molar-refractivity contribution < 1.29 is 12.6 Å². The molecule has 0 N–H and O–H groups in total. The highest BCUT2D eigenvalue weighted by molar-refractivity contribution is 7.85. The van der Waals surface area contributed by atoms with Crippen molar-refractivity contribution in [1.29, 1.82) is 0 Å². The van der Waals surface area contributed by atoms with Gasteiger partial charge in [0.25, 0.3) is 10.1 Å². The molecule has 0 atom stereocenters. The van der Waals surface area contributed by atoms with E-state index in [4.69, 9.17) is 11.6 Å². The Hall–Kier alpha value is -1.51. The van der Waals surface area contributed by atoms with Crippen LogP contribution in [0, 0.1) is 0 Å². The highest BCUT2D eigenvalue weighted by atomic mass is 35.5. The summed E-state index contributed by atoms with van der Waals surface area (Å²) in [6, 6.07) is 6.86. The van der Waals surface area contributed by atoms with Crippen molar-refractivity contribution in [2.75, 3.05) is 6.26 Å². The molecular formula is C9H9ClN4O3S. The molecule has 0 unspecified atom stereocenters. The number of rotatable bonds is 4. The Bertz CT molecular complexity index is 655. The molecule has 0 aliphatic heterocycles. The van der Waals surface area contributed by atoms with Crippen LogP contribution in [0.1, 0.15) is 5.82 Å². The molecule has 0 aliphatic rings. The van der Waals surface area contributed by atoms with Gasteiger partial charge in [0.05, 0.1) is 11.9 Å². The molecule has 2 rings (SSSR count). The predicted molar refractivity (Wildman–Crippen MR) is 63.8 cm³/mol. The second kappa shape index (κ2) is 5.01. The average Bonchev–Trinajstić information content (AvgIpc) is 2.74. The molecule has 0 bridgehead atoms. The van der Waals surface area contributed by atoms with Crippen LogP contribution in [0.4, 0.5) is 0 Å². The lowest BCUT2D eigenvalue weighted by Crippen LogP contribution is -2.04. The van der Waals surface area contributed by atoms with Crippen molar-refractivity contribution in [3.8, 4) is 5.69 Å². The number of benzene rings is 1. The molecule has 0 spiro atoms. The number of halogens is 1. The van der Waals surface area contributed by atoms with Gasteiger partial charge in [-0.2, -0.15) is 8.42 Å². The smallest absolute Gasteiger partial charge is 0.262 e. The van der Waals surface area contributed by atoms with Gasteiger partial charge in [-0.05, 0) is 23.4 Å². The summed E-state index contributed by atoms with van der Waals surface area (Å²) in [7, 11) is -3.52. The third kappa shape index (κ3) is 3.49. The molecule has 18 heavy (non-hydrogen) atoms. The van der Waals surface area contributed by atoms with E-state index >= 15 is 0 Å². The van der Waals surface area contributed by atoms with Crippen LogP contribution in [0.25, 0.3) is 5.69 Å². The molecule has 0 saturated heterocycles. The second-order valence-corrected chi connectivity index (χ2v) is 5.52. The first-order chi connectivity index (χ1) is 8.44. The average molecular weight is 289 g/mol. The van der Waals surface area contributed by atoms with E-state index in [0.29, 0.717) is 10.7 Å². The molecule has 1 heterocycles. The van der Waals surface area contributed by atoms with E-state index in [2.05, 4.69) is 19.6 Å². The van der Waals surface area contributed by atoms with Gasteiger partial charge in [0.1, 0.15) is 6.61 Å². The van der Waals surface area contributed by atoms with Crippen LogP contribution >= 0.6 is 11.6 Å². The van der Waals surface area contributed by atoms with Gasteiger partial charge in [0.2, 0.25) is 5.82 Å². The lowest BCUT2D eigenvalue weighted by molar-refractivity contribution is 0.302. The van der Waals surface area contributed by atoms with Crippen molar-refractivity contribution in [1.82, 2.24) is 20.2 Å². The van der Waals surface area contributed by atoms with Gasteiger partial charge in [-0.1, -0.05) is 17.7 Å². The Kier molecular flexibility index (Phi) is 3.60. The minimum absolute atomic E-state index is 0.167. The molecule has 0 fully saturated rings. The standard InChI is InChI=1S/C9H9ClN4O3S/c1-18(15,16)17-6-9-11-13-14(12-9)8-4-2-3-7(10)5-8/h2-5H,6H2,1H3. The molecule has 0 aliphatic carbocycles. The normalized spacial score (nSPS) is 11.7. The molecule has 0 radical (unpaired) electrons. The first kappa shape index (κ1) is 12.9. The zero-order valence-corrected chi connectivity index (χ0v) is 10.9. The van der Waals surface area contributed by atoms with Gasteiger partial charge in [0, 0.05) is 5.02 Å². The van der Waals surface area contributed by atoms with Crippen LogP contribution in [0.2, 0.25) is 5.02 Å². The maximum absolute atomic E-state index is 10.8. The van der Waals surface area contributed by atoms with Crippen molar-refractivity contribution >= 4 is 21.7 Å². The molecule has 7 nitrogen and oxygen atoms in total. The number of hydrogen-bond donors (Lipinski definition) is 0. The van der Waals surface area contributed by atoms with E-state index in [1.165, 1.54) is 4.80 Å². The molecule has 2 aromatic rings. The van der Waals surface area contributed by atoms with Crippen LogP contribution < -0.4 is 0 Å². The SMILES string of the molecule is CS(=O)(=O)OCc1nnn(-c2cccc(Cl)c2)n1. The van der Waals surface area contributed by atoms with E-state index in [1.807, 2.05) is 0 Å². The Balaban J connectivity index is 2.16. The van der Waals surface area contributed by atoms with E-state index in [0.717, 1.165) is 6.26 Å². The summed E-state index contributed by atoms with van der Waals surface area (Å²) in [5, 5.41) is 12.0.